The maximum absolute atomic E-state index is 12.6. The molecule has 0 unspecified atom stereocenters. The van der Waals surface area contributed by atoms with Crippen LogP contribution in [0, 0.1) is 13.8 Å². The van der Waals surface area contributed by atoms with Gasteiger partial charge in [0.2, 0.25) is 0 Å². The van der Waals surface area contributed by atoms with Crippen molar-refractivity contribution in [2.24, 2.45) is 0 Å². The van der Waals surface area contributed by atoms with Gasteiger partial charge >= 0.3 is 5.97 Å². The molecule has 1 aromatic carbocycles. The van der Waals surface area contributed by atoms with Crippen LogP contribution in [0.4, 0.5) is 5.69 Å². The lowest BCUT2D eigenvalue weighted by molar-refractivity contribution is -0.147. The monoisotopic (exact) mass is 415 g/mol. The molecule has 0 spiro atoms. The van der Waals surface area contributed by atoms with Crippen molar-refractivity contribution in [3.05, 3.63) is 51.4 Å². The van der Waals surface area contributed by atoms with E-state index in [4.69, 9.17) is 9.47 Å². The smallest absolute Gasteiger partial charge is 0.308 e. The molecule has 3 aromatic rings. The summed E-state index contributed by atoms with van der Waals surface area (Å²) in [7, 11) is 1.55. The van der Waals surface area contributed by atoms with Gasteiger partial charge in [-0.2, -0.15) is 0 Å². The van der Waals surface area contributed by atoms with Crippen LogP contribution in [0.25, 0.3) is 10.2 Å². The van der Waals surface area contributed by atoms with Crippen LogP contribution in [0.3, 0.4) is 0 Å². The first-order chi connectivity index (χ1) is 13.9. The van der Waals surface area contributed by atoms with E-state index in [-0.39, 0.29) is 18.5 Å². The van der Waals surface area contributed by atoms with E-state index in [0.29, 0.717) is 21.7 Å². The Morgan fingerprint density at radius 1 is 1.21 bits per heavy atom. The number of hydrogen-bond donors (Lipinski definition) is 1. The molecule has 0 aliphatic rings. The van der Waals surface area contributed by atoms with E-state index < -0.39 is 18.5 Å². The third-order valence-corrected chi connectivity index (χ3v) is 5.57. The van der Waals surface area contributed by atoms with E-state index in [1.165, 1.54) is 22.2 Å². The number of rotatable bonds is 7. The van der Waals surface area contributed by atoms with Gasteiger partial charge in [-0.3, -0.25) is 19.0 Å². The molecule has 3 rings (SSSR count). The minimum atomic E-state index is -0.569. The van der Waals surface area contributed by atoms with Crippen LogP contribution >= 0.6 is 11.3 Å². The average Bonchev–Trinajstić information content (AvgIpc) is 3.01. The number of anilines is 1. The Balaban J connectivity index is 1.51. The highest BCUT2D eigenvalue weighted by atomic mass is 32.1. The van der Waals surface area contributed by atoms with Gasteiger partial charge in [0.05, 0.1) is 25.2 Å². The first-order valence-corrected chi connectivity index (χ1v) is 9.75. The first kappa shape index (κ1) is 20.5. The minimum Gasteiger partial charge on any atom is -0.497 e. The Morgan fingerprint density at radius 2 is 1.93 bits per heavy atom. The van der Waals surface area contributed by atoms with Crippen LogP contribution in [-0.4, -0.2) is 35.1 Å². The molecular formula is C20H21N3O5S. The zero-order valence-corrected chi connectivity index (χ0v) is 17.2. The van der Waals surface area contributed by atoms with Crippen LogP contribution < -0.4 is 15.6 Å². The number of ether oxygens (including phenoxy) is 2. The maximum atomic E-state index is 12.6. The standard InChI is InChI=1S/C20H21N3O5S/c1-12-13(2)29-19-18(12)20(26)23(11-21-19)9-8-17(25)28-10-16(24)22-14-4-6-15(27-3)7-5-14/h4-7,11H,8-10H2,1-3H3,(H,22,24). The number of nitrogens with zero attached hydrogens (tertiary/aromatic N) is 2. The van der Waals surface area contributed by atoms with Gasteiger partial charge in [0.15, 0.2) is 6.61 Å². The molecule has 0 saturated heterocycles. The predicted molar refractivity (Wildman–Crippen MR) is 111 cm³/mol. The number of benzene rings is 1. The Kier molecular flexibility index (Phi) is 6.28. The molecule has 0 saturated carbocycles. The molecule has 0 bridgehead atoms. The number of nitrogens with one attached hydrogen (secondary N) is 1. The Hall–Kier alpha value is -3.20. The van der Waals surface area contributed by atoms with Gasteiger partial charge in [-0.25, -0.2) is 4.98 Å². The van der Waals surface area contributed by atoms with Gasteiger partial charge < -0.3 is 14.8 Å². The van der Waals surface area contributed by atoms with E-state index in [2.05, 4.69) is 10.3 Å². The van der Waals surface area contributed by atoms with Gasteiger partial charge in [0, 0.05) is 17.1 Å². The molecule has 1 amide bonds. The summed E-state index contributed by atoms with van der Waals surface area (Å²) in [5.41, 5.74) is 1.30. The number of methoxy groups -OCH3 is 1. The predicted octanol–water partition coefficient (Wildman–Crippen LogP) is 2.66. The van der Waals surface area contributed by atoms with E-state index in [9.17, 15) is 14.4 Å². The lowest BCUT2D eigenvalue weighted by Gasteiger charge is -2.08. The summed E-state index contributed by atoms with van der Waals surface area (Å²) < 4.78 is 11.4. The Labute approximate surface area is 171 Å². The number of carbonyl (C=O) groups excluding carboxylic acids is 2. The third-order valence-electron chi connectivity index (χ3n) is 4.45. The van der Waals surface area contributed by atoms with Gasteiger partial charge in [-0.05, 0) is 43.7 Å². The van der Waals surface area contributed by atoms with Crippen LogP contribution in [0.1, 0.15) is 16.9 Å². The molecular weight excluding hydrogens is 394 g/mol. The number of aryl methyl sites for hydroxylation is 3. The normalized spacial score (nSPS) is 10.7. The molecule has 2 heterocycles. The Bertz CT molecular complexity index is 1100. The fourth-order valence-electron chi connectivity index (χ4n) is 2.73. The minimum absolute atomic E-state index is 0.0366. The van der Waals surface area contributed by atoms with Crippen LogP contribution in [0.2, 0.25) is 0 Å². The third kappa shape index (κ3) is 4.80. The number of carbonyl (C=O) groups is 2. The summed E-state index contributed by atoms with van der Waals surface area (Å²) in [6, 6.07) is 6.78. The van der Waals surface area contributed by atoms with Crippen molar-refractivity contribution in [3.63, 3.8) is 0 Å². The number of thiophene rings is 1. The quantitative estimate of drug-likeness (QED) is 0.596. The molecule has 0 aliphatic heterocycles. The maximum Gasteiger partial charge on any atom is 0.308 e. The van der Waals surface area contributed by atoms with Gasteiger partial charge in [0.25, 0.3) is 11.5 Å². The van der Waals surface area contributed by atoms with E-state index >= 15 is 0 Å². The number of hydrogen-bond acceptors (Lipinski definition) is 7. The topological polar surface area (TPSA) is 99.5 Å². The lowest BCUT2D eigenvalue weighted by Crippen LogP contribution is -2.24. The van der Waals surface area contributed by atoms with Crippen LogP contribution in [0.15, 0.2) is 35.4 Å². The highest BCUT2D eigenvalue weighted by molar-refractivity contribution is 7.18. The van der Waals surface area contributed by atoms with E-state index in [0.717, 1.165) is 10.4 Å². The molecule has 0 atom stereocenters. The molecule has 8 nitrogen and oxygen atoms in total. The van der Waals surface area contributed by atoms with Crippen molar-refractivity contribution in [3.8, 4) is 5.75 Å². The summed E-state index contributed by atoms with van der Waals surface area (Å²) in [6.07, 6.45) is 1.40. The van der Waals surface area contributed by atoms with Crippen molar-refractivity contribution >= 4 is 39.1 Å². The van der Waals surface area contributed by atoms with Crippen molar-refractivity contribution in [1.82, 2.24) is 9.55 Å². The Morgan fingerprint density at radius 3 is 2.62 bits per heavy atom. The van der Waals surface area contributed by atoms with E-state index in [1.54, 1.807) is 31.4 Å². The second kappa shape index (κ2) is 8.87. The number of aromatic nitrogens is 2. The number of amides is 1. The summed E-state index contributed by atoms with van der Waals surface area (Å²) in [6.45, 7) is 3.56. The SMILES string of the molecule is COc1ccc(NC(=O)COC(=O)CCn2cnc3sc(C)c(C)c3c2=O)cc1. The van der Waals surface area contributed by atoms with Crippen LogP contribution in [-0.2, 0) is 20.9 Å². The fourth-order valence-corrected chi connectivity index (χ4v) is 3.72. The highest BCUT2D eigenvalue weighted by Gasteiger charge is 2.13. The van der Waals surface area contributed by atoms with Crippen molar-refractivity contribution in [2.45, 2.75) is 26.8 Å². The van der Waals surface area contributed by atoms with Gasteiger partial charge in [-0.1, -0.05) is 0 Å². The second-order valence-corrected chi connectivity index (χ2v) is 7.60. The molecule has 1 N–H and O–H groups in total. The zero-order valence-electron chi connectivity index (χ0n) is 16.4. The fraction of sp³-hybridized carbons (Fsp3) is 0.300. The zero-order chi connectivity index (χ0) is 21.0. The molecule has 0 aliphatic carbocycles. The van der Waals surface area contributed by atoms with Crippen molar-refractivity contribution in [1.29, 1.82) is 0 Å². The molecule has 152 valence electrons. The molecule has 29 heavy (non-hydrogen) atoms. The van der Waals surface area contributed by atoms with Crippen molar-refractivity contribution < 1.29 is 19.1 Å². The van der Waals surface area contributed by atoms with Crippen LogP contribution in [0.5, 0.6) is 5.75 Å². The highest BCUT2D eigenvalue weighted by Crippen LogP contribution is 2.25. The van der Waals surface area contributed by atoms with Crippen molar-refractivity contribution in [2.75, 3.05) is 19.0 Å². The summed E-state index contributed by atoms with van der Waals surface area (Å²) in [5, 5.41) is 3.21. The lowest BCUT2D eigenvalue weighted by atomic mass is 10.2. The summed E-state index contributed by atoms with van der Waals surface area (Å²) in [4.78, 5) is 42.5. The first-order valence-electron chi connectivity index (χ1n) is 8.93. The number of fused-ring (bicyclic) bond motifs is 1. The van der Waals surface area contributed by atoms with E-state index in [1.807, 2.05) is 13.8 Å². The number of esters is 1. The molecule has 2 aromatic heterocycles. The summed E-state index contributed by atoms with van der Waals surface area (Å²) >= 11 is 1.47. The van der Waals surface area contributed by atoms with Gasteiger partial charge in [0.1, 0.15) is 10.6 Å². The second-order valence-electron chi connectivity index (χ2n) is 6.39. The molecule has 9 heteroatoms. The molecule has 0 radical (unpaired) electrons. The summed E-state index contributed by atoms with van der Waals surface area (Å²) in [5.74, 6) is -0.349. The average molecular weight is 415 g/mol. The molecule has 0 fully saturated rings. The largest absolute Gasteiger partial charge is 0.497 e. The van der Waals surface area contributed by atoms with Gasteiger partial charge in [-0.15, -0.1) is 11.3 Å².